The minimum atomic E-state index is 0.0583. The number of aromatic hydroxyl groups is 2. The summed E-state index contributed by atoms with van der Waals surface area (Å²) in [5.74, 6) is 0.141. The maximum Gasteiger partial charge on any atom is 0.124 e. The third-order valence-corrected chi connectivity index (χ3v) is 3.02. The Kier molecular flexibility index (Phi) is 4.85. The molecule has 0 unspecified atom stereocenters. The number of ether oxygens (including phenoxy) is 1. The molecule has 4 heteroatoms. The van der Waals surface area contributed by atoms with Crippen LogP contribution >= 0.6 is 0 Å². The van der Waals surface area contributed by atoms with Gasteiger partial charge in [0.1, 0.15) is 11.5 Å². The predicted octanol–water partition coefficient (Wildman–Crippen LogP) is 3.25. The first-order valence-corrected chi connectivity index (χ1v) is 6.61. The van der Waals surface area contributed by atoms with Crippen LogP contribution in [0.5, 0.6) is 11.5 Å². The van der Waals surface area contributed by atoms with E-state index in [0.29, 0.717) is 19.8 Å². The number of rotatable bonds is 6. The van der Waals surface area contributed by atoms with Crippen molar-refractivity contribution in [3.8, 4) is 11.5 Å². The van der Waals surface area contributed by atoms with Gasteiger partial charge in [0, 0.05) is 36.0 Å². The van der Waals surface area contributed by atoms with E-state index in [1.165, 1.54) is 6.07 Å². The summed E-state index contributed by atoms with van der Waals surface area (Å²) in [5, 5.41) is 22.3. The van der Waals surface area contributed by atoms with Gasteiger partial charge in [-0.3, -0.25) is 0 Å². The SMILES string of the molecule is CCOCc1ccccc1NCc1ccc(O)cc1O. The highest BCUT2D eigenvalue weighted by atomic mass is 16.5. The fourth-order valence-corrected chi connectivity index (χ4v) is 1.92. The van der Waals surface area contributed by atoms with Crippen molar-refractivity contribution in [3.05, 3.63) is 53.6 Å². The summed E-state index contributed by atoms with van der Waals surface area (Å²) >= 11 is 0. The lowest BCUT2D eigenvalue weighted by atomic mass is 10.1. The van der Waals surface area contributed by atoms with Crippen LogP contribution in [0.2, 0.25) is 0 Å². The van der Waals surface area contributed by atoms with Gasteiger partial charge >= 0.3 is 0 Å². The fourth-order valence-electron chi connectivity index (χ4n) is 1.92. The predicted molar refractivity (Wildman–Crippen MR) is 78.9 cm³/mol. The minimum absolute atomic E-state index is 0.0583. The van der Waals surface area contributed by atoms with Gasteiger partial charge in [0.25, 0.3) is 0 Å². The molecule has 4 nitrogen and oxygen atoms in total. The van der Waals surface area contributed by atoms with E-state index < -0.39 is 0 Å². The quantitative estimate of drug-likeness (QED) is 0.756. The summed E-state index contributed by atoms with van der Waals surface area (Å²) in [7, 11) is 0. The number of hydrogen-bond acceptors (Lipinski definition) is 4. The number of nitrogens with one attached hydrogen (secondary N) is 1. The summed E-state index contributed by atoms with van der Waals surface area (Å²) in [5.41, 5.74) is 2.79. The van der Waals surface area contributed by atoms with E-state index in [9.17, 15) is 10.2 Å². The highest BCUT2D eigenvalue weighted by molar-refractivity contribution is 5.52. The van der Waals surface area contributed by atoms with E-state index in [0.717, 1.165) is 16.8 Å². The van der Waals surface area contributed by atoms with E-state index in [2.05, 4.69) is 5.32 Å². The van der Waals surface area contributed by atoms with Crippen molar-refractivity contribution in [2.45, 2.75) is 20.1 Å². The average Bonchev–Trinajstić information content (AvgIpc) is 2.45. The number of hydrogen-bond donors (Lipinski definition) is 3. The van der Waals surface area contributed by atoms with Gasteiger partial charge in [0.05, 0.1) is 6.61 Å². The molecule has 106 valence electrons. The van der Waals surface area contributed by atoms with Gasteiger partial charge in [-0.2, -0.15) is 0 Å². The van der Waals surface area contributed by atoms with Crippen molar-refractivity contribution < 1.29 is 14.9 Å². The first-order valence-electron chi connectivity index (χ1n) is 6.61. The van der Waals surface area contributed by atoms with Gasteiger partial charge in [0.15, 0.2) is 0 Å². The maximum atomic E-state index is 9.76. The van der Waals surface area contributed by atoms with Gasteiger partial charge in [-0.05, 0) is 25.1 Å². The first-order chi connectivity index (χ1) is 9.70. The molecule has 0 amide bonds. The largest absolute Gasteiger partial charge is 0.508 e. The number of anilines is 1. The van der Waals surface area contributed by atoms with E-state index in [1.54, 1.807) is 12.1 Å². The molecule has 0 aromatic heterocycles. The zero-order valence-corrected chi connectivity index (χ0v) is 11.5. The van der Waals surface area contributed by atoms with Crippen molar-refractivity contribution >= 4 is 5.69 Å². The second-order valence-corrected chi connectivity index (χ2v) is 4.46. The smallest absolute Gasteiger partial charge is 0.124 e. The van der Waals surface area contributed by atoms with Gasteiger partial charge in [0.2, 0.25) is 0 Å². The lowest BCUT2D eigenvalue weighted by molar-refractivity contribution is 0.134. The first kappa shape index (κ1) is 14.2. The summed E-state index contributed by atoms with van der Waals surface area (Å²) in [4.78, 5) is 0. The third kappa shape index (κ3) is 3.65. The van der Waals surface area contributed by atoms with Crippen molar-refractivity contribution in [2.75, 3.05) is 11.9 Å². The van der Waals surface area contributed by atoms with Crippen molar-refractivity contribution in [3.63, 3.8) is 0 Å². The molecule has 2 aromatic rings. The highest BCUT2D eigenvalue weighted by Crippen LogP contribution is 2.24. The Morgan fingerprint density at radius 2 is 1.85 bits per heavy atom. The van der Waals surface area contributed by atoms with Gasteiger partial charge < -0.3 is 20.3 Å². The van der Waals surface area contributed by atoms with Crippen LogP contribution in [0, 0.1) is 0 Å². The van der Waals surface area contributed by atoms with Crippen molar-refractivity contribution in [1.82, 2.24) is 0 Å². The standard InChI is InChI=1S/C16H19NO3/c1-2-20-11-13-5-3-4-6-15(13)17-10-12-7-8-14(18)9-16(12)19/h3-9,17-19H,2,10-11H2,1H3. The van der Waals surface area contributed by atoms with Gasteiger partial charge in [-0.1, -0.05) is 18.2 Å². The minimum Gasteiger partial charge on any atom is -0.508 e. The lowest BCUT2D eigenvalue weighted by Gasteiger charge is -2.13. The Morgan fingerprint density at radius 1 is 1.05 bits per heavy atom. The molecular formula is C16H19NO3. The van der Waals surface area contributed by atoms with Crippen LogP contribution in [-0.2, 0) is 17.9 Å². The van der Waals surface area contributed by atoms with Crippen LogP contribution in [-0.4, -0.2) is 16.8 Å². The molecule has 2 rings (SSSR count). The number of phenols is 2. The molecule has 0 aliphatic rings. The molecule has 0 heterocycles. The van der Waals surface area contributed by atoms with Crippen molar-refractivity contribution in [2.24, 2.45) is 0 Å². The summed E-state index contributed by atoms with van der Waals surface area (Å²) in [6.45, 7) is 3.67. The van der Waals surface area contributed by atoms with Gasteiger partial charge in [-0.15, -0.1) is 0 Å². The fraction of sp³-hybridized carbons (Fsp3) is 0.250. The molecule has 0 bridgehead atoms. The van der Waals surface area contributed by atoms with E-state index >= 15 is 0 Å². The van der Waals surface area contributed by atoms with Crippen LogP contribution in [0.25, 0.3) is 0 Å². The molecule has 0 saturated carbocycles. The molecular weight excluding hydrogens is 254 g/mol. The second kappa shape index (κ2) is 6.82. The van der Waals surface area contributed by atoms with E-state index in [1.807, 2.05) is 31.2 Å². The number of phenolic OH excluding ortho intramolecular Hbond substituents is 2. The molecule has 0 saturated heterocycles. The monoisotopic (exact) mass is 273 g/mol. The Bertz CT molecular complexity index is 569. The zero-order chi connectivity index (χ0) is 14.4. The summed E-state index contributed by atoms with van der Waals surface area (Å²) in [6, 6.07) is 12.5. The lowest BCUT2D eigenvalue weighted by Crippen LogP contribution is -2.03. The number of para-hydroxylation sites is 1. The van der Waals surface area contributed by atoms with Crippen LogP contribution in [0.3, 0.4) is 0 Å². The normalized spacial score (nSPS) is 10.4. The molecule has 0 spiro atoms. The Morgan fingerprint density at radius 3 is 2.60 bits per heavy atom. The molecule has 3 N–H and O–H groups in total. The van der Waals surface area contributed by atoms with E-state index in [-0.39, 0.29) is 11.5 Å². The van der Waals surface area contributed by atoms with Crippen LogP contribution < -0.4 is 5.32 Å². The summed E-state index contributed by atoms with van der Waals surface area (Å²) < 4.78 is 5.43. The summed E-state index contributed by atoms with van der Waals surface area (Å²) in [6.07, 6.45) is 0. The molecule has 0 aliphatic heterocycles. The molecule has 0 fully saturated rings. The van der Waals surface area contributed by atoms with Crippen LogP contribution in [0.1, 0.15) is 18.1 Å². The molecule has 0 radical (unpaired) electrons. The highest BCUT2D eigenvalue weighted by Gasteiger charge is 2.05. The maximum absolute atomic E-state index is 9.76. The third-order valence-electron chi connectivity index (χ3n) is 3.02. The van der Waals surface area contributed by atoms with Crippen LogP contribution in [0.4, 0.5) is 5.69 Å². The zero-order valence-electron chi connectivity index (χ0n) is 11.5. The topological polar surface area (TPSA) is 61.7 Å². The molecule has 2 aromatic carbocycles. The Hall–Kier alpha value is -2.20. The Labute approximate surface area is 118 Å². The molecule has 0 atom stereocenters. The Balaban J connectivity index is 2.06. The van der Waals surface area contributed by atoms with E-state index in [4.69, 9.17) is 4.74 Å². The van der Waals surface area contributed by atoms with Gasteiger partial charge in [-0.25, -0.2) is 0 Å². The number of benzene rings is 2. The average molecular weight is 273 g/mol. The van der Waals surface area contributed by atoms with Crippen LogP contribution in [0.15, 0.2) is 42.5 Å². The molecule has 20 heavy (non-hydrogen) atoms. The second-order valence-electron chi connectivity index (χ2n) is 4.46. The van der Waals surface area contributed by atoms with Crippen molar-refractivity contribution in [1.29, 1.82) is 0 Å². The molecule has 0 aliphatic carbocycles.